The van der Waals surface area contributed by atoms with Gasteiger partial charge in [0.05, 0.1) is 6.10 Å². The van der Waals surface area contributed by atoms with Crippen LogP contribution in [-0.4, -0.2) is 18.4 Å². The minimum Gasteiger partial charge on any atom is -0.428 e. The molecular weight excluding hydrogens is 264 g/mol. The van der Waals surface area contributed by atoms with E-state index in [0.29, 0.717) is 17.8 Å². The fraction of sp³-hybridized carbons (Fsp3) is 0.722. The molecule has 0 aromatic carbocycles. The number of carbonyl (C=O) groups is 1. The molecule has 1 fully saturated rings. The van der Waals surface area contributed by atoms with Crippen LogP contribution in [0.5, 0.6) is 0 Å². The third-order valence-corrected chi connectivity index (χ3v) is 4.49. The first kappa shape index (κ1) is 16.3. The second-order valence-corrected chi connectivity index (χ2v) is 7.14. The Kier molecular flexibility index (Phi) is 5.26. The summed E-state index contributed by atoms with van der Waals surface area (Å²) in [6.45, 7) is 10.8. The van der Waals surface area contributed by atoms with Crippen molar-refractivity contribution in [3.05, 3.63) is 23.3 Å². The molecule has 0 radical (unpaired) electrons. The lowest BCUT2D eigenvalue weighted by Crippen LogP contribution is -2.37. The average molecular weight is 292 g/mol. The average Bonchev–Trinajstić information content (AvgIpc) is 2.68. The maximum absolute atomic E-state index is 11.6. The van der Waals surface area contributed by atoms with Gasteiger partial charge < -0.3 is 9.47 Å². The molecule has 0 spiro atoms. The molecule has 0 bridgehead atoms. The predicted molar refractivity (Wildman–Crippen MR) is 83.6 cm³/mol. The number of esters is 1. The van der Waals surface area contributed by atoms with Crippen LogP contribution >= 0.6 is 0 Å². The third kappa shape index (κ3) is 4.19. The van der Waals surface area contributed by atoms with Gasteiger partial charge in [-0.1, -0.05) is 38.8 Å². The SMILES string of the molecule is CC(C)=CC1=CC(=O)OC1O[C@@H]1C[C@H](C)CC[C@H]1C(C)C. The van der Waals surface area contributed by atoms with Gasteiger partial charge in [0.1, 0.15) is 0 Å². The van der Waals surface area contributed by atoms with Gasteiger partial charge in [0.25, 0.3) is 0 Å². The molecule has 1 heterocycles. The van der Waals surface area contributed by atoms with Gasteiger partial charge in [0, 0.05) is 11.6 Å². The van der Waals surface area contributed by atoms with Crippen molar-refractivity contribution in [2.45, 2.75) is 66.3 Å². The quantitative estimate of drug-likeness (QED) is 0.727. The van der Waals surface area contributed by atoms with Crippen LogP contribution in [-0.2, 0) is 14.3 Å². The van der Waals surface area contributed by atoms with Gasteiger partial charge in [0.2, 0.25) is 6.29 Å². The highest BCUT2D eigenvalue weighted by Gasteiger charge is 2.36. The molecule has 2 aliphatic rings. The fourth-order valence-corrected chi connectivity index (χ4v) is 3.39. The number of cyclic esters (lactones) is 1. The van der Waals surface area contributed by atoms with E-state index in [-0.39, 0.29) is 12.1 Å². The van der Waals surface area contributed by atoms with E-state index in [9.17, 15) is 4.79 Å². The summed E-state index contributed by atoms with van der Waals surface area (Å²) in [5.41, 5.74) is 1.99. The van der Waals surface area contributed by atoms with Crippen LogP contribution in [0.1, 0.15) is 53.9 Å². The summed E-state index contributed by atoms with van der Waals surface area (Å²) in [6, 6.07) is 0. The van der Waals surface area contributed by atoms with Crippen molar-refractivity contribution in [1.82, 2.24) is 0 Å². The summed E-state index contributed by atoms with van der Waals surface area (Å²) >= 11 is 0. The van der Waals surface area contributed by atoms with E-state index in [1.165, 1.54) is 12.8 Å². The molecule has 1 saturated carbocycles. The normalized spacial score (nSPS) is 32.9. The van der Waals surface area contributed by atoms with Gasteiger partial charge in [-0.15, -0.1) is 0 Å². The van der Waals surface area contributed by atoms with Crippen molar-refractivity contribution in [2.24, 2.45) is 17.8 Å². The first-order valence-electron chi connectivity index (χ1n) is 8.09. The molecule has 3 heteroatoms. The Balaban J connectivity index is 2.09. The van der Waals surface area contributed by atoms with Gasteiger partial charge in [0.15, 0.2) is 0 Å². The fourth-order valence-electron chi connectivity index (χ4n) is 3.39. The van der Waals surface area contributed by atoms with E-state index < -0.39 is 6.29 Å². The van der Waals surface area contributed by atoms with Crippen molar-refractivity contribution in [3.8, 4) is 0 Å². The highest BCUT2D eigenvalue weighted by atomic mass is 16.7. The summed E-state index contributed by atoms with van der Waals surface area (Å²) in [5, 5.41) is 0. The lowest BCUT2D eigenvalue weighted by atomic mass is 9.75. The molecule has 0 amide bonds. The standard InChI is InChI=1S/C18H28O3/c1-11(2)8-14-10-17(19)21-18(14)20-16-9-13(5)6-7-15(16)12(3)4/h8,10,12-13,15-16,18H,6-7,9H2,1-5H3/t13-,15+,16-,18?/m1/s1. The van der Waals surface area contributed by atoms with Crippen LogP contribution in [0.4, 0.5) is 0 Å². The van der Waals surface area contributed by atoms with E-state index in [4.69, 9.17) is 9.47 Å². The molecule has 0 N–H and O–H groups in total. The molecule has 2 rings (SSSR count). The summed E-state index contributed by atoms with van der Waals surface area (Å²) in [5.74, 6) is 1.53. The summed E-state index contributed by atoms with van der Waals surface area (Å²) < 4.78 is 11.6. The van der Waals surface area contributed by atoms with Gasteiger partial charge >= 0.3 is 5.97 Å². The Morgan fingerprint density at radius 3 is 2.71 bits per heavy atom. The summed E-state index contributed by atoms with van der Waals surface area (Å²) in [6.07, 6.45) is 6.71. The molecule has 0 aromatic heterocycles. The first-order valence-corrected chi connectivity index (χ1v) is 8.09. The zero-order valence-corrected chi connectivity index (χ0v) is 13.9. The van der Waals surface area contributed by atoms with E-state index in [0.717, 1.165) is 17.6 Å². The molecule has 0 aromatic rings. The minimum absolute atomic E-state index is 0.179. The number of hydrogen-bond donors (Lipinski definition) is 0. The topological polar surface area (TPSA) is 35.5 Å². The lowest BCUT2D eigenvalue weighted by molar-refractivity contribution is -0.180. The van der Waals surface area contributed by atoms with Gasteiger partial charge in [-0.25, -0.2) is 4.79 Å². The van der Waals surface area contributed by atoms with Crippen molar-refractivity contribution in [1.29, 1.82) is 0 Å². The maximum Gasteiger partial charge on any atom is 0.333 e. The summed E-state index contributed by atoms with van der Waals surface area (Å²) in [7, 11) is 0. The number of rotatable bonds is 4. The van der Waals surface area contributed by atoms with Crippen molar-refractivity contribution in [3.63, 3.8) is 0 Å². The Bertz CT molecular complexity index is 443. The van der Waals surface area contributed by atoms with Gasteiger partial charge in [-0.05, 0) is 44.4 Å². The summed E-state index contributed by atoms with van der Waals surface area (Å²) in [4.78, 5) is 11.6. The molecule has 0 saturated heterocycles. The van der Waals surface area contributed by atoms with Crippen LogP contribution in [0.15, 0.2) is 23.3 Å². The van der Waals surface area contributed by atoms with Crippen molar-refractivity contribution in [2.75, 3.05) is 0 Å². The van der Waals surface area contributed by atoms with Crippen molar-refractivity contribution >= 4 is 5.97 Å². The second kappa shape index (κ2) is 6.78. The molecule has 4 atom stereocenters. The van der Waals surface area contributed by atoms with Gasteiger partial charge in [-0.2, -0.15) is 0 Å². The van der Waals surface area contributed by atoms with E-state index in [1.807, 2.05) is 19.9 Å². The molecule has 21 heavy (non-hydrogen) atoms. The van der Waals surface area contributed by atoms with Crippen LogP contribution < -0.4 is 0 Å². The number of carbonyl (C=O) groups excluding carboxylic acids is 1. The molecule has 3 nitrogen and oxygen atoms in total. The Labute approximate surface area is 128 Å². The van der Waals surface area contributed by atoms with Crippen molar-refractivity contribution < 1.29 is 14.3 Å². The van der Waals surface area contributed by atoms with Gasteiger partial charge in [-0.3, -0.25) is 0 Å². The third-order valence-electron chi connectivity index (χ3n) is 4.49. The Morgan fingerprint density at radius 1 is 1.38 bits per heavy atom. The first-order chi connectivity index (χ1) is 9.86. The van der Waals surface area contributed by atoms with E-state index in [1.54, 1.807) is 6.08 Å². The molecule has 1 unspecified atom stereocenters. The Hall–Kier alpha value is -1.09. The molecule has 1 aliphatic heterocycles. The largest absolute Gasteiger partial charge is 0.428 e. The predicted octanol–water partition coefficient (Wildman–Crippen LogP) is 4.24. The maximum atomic E-state index is 11.6. The van der Waals surface area contributed by atoms with E-state index in [2.05, 4.69) is 20.8 Å². The van der Waals surface area contributed by atoms with Crippen LogP contribution in [0, 0.1) is 17.8 Å². The number of allylic oxidation sites excluding steroid dienone is 1. The number of hydrogen-bond acceptors (Lipinski definition) is 3. The van der Waals surface area contributed by atoms with E-state index >= 15 is 0 Å². The molecule has 1 aliphatic carbocycles. The number of ether oxygens (including phenoxy) is 2. The second-order valence-electron chi connectivity index (χ2n) is 7.14. The van der Waals surface area contributed by atoms with Crippen LogP contribution in [0.2, 0.25) is 0 Å². The highest BCUT2D eigenvalue weighted by Crippen LogP contribution is 2.37. The van der Waals surface area contributed by atoms with Crippen LogP contribution in [0.25, 0.3) is 0 Å². The lowest BCUT2D eigenvalue weighted by Gasteiger charge is -2.38. The zero-order valence-electron chi connectivity index (χ0n) is 13.9. The zero-order chi connectivity index (χ0) is 15.6. The monoisotopic (exact) mass is 292 g/mol. The van der Waals surface area contributed by atoms with Crippen LogP contribution in [0.3, 0.4) is 0 Å². The Morgan fingerprint density at radius 2 is 2.10 bits per heavy atom. The highest BCUT2D eigenvalue weighted by molar-refractivity contribution is 5.86. The molecular formula is C18H28O3. The minimum atomic E-state index is -0.524. The molecule has 118 valence electrons. The smallest absolute Gasteiger partial charge is 0.333 e.